The predicted molar refractivity (Wildman–Crippen MR) is 132 cm³/mol. The highest BCUT2D eigenvalue weighted by atomic mass is 16.7. The van der Waals surface area contributed by atoms with Gasteiger partial charge in [0.1, 0.15) is 16.9 Å². The minimum atomic E-state index is -0.579. The molecule has 1 N–H and O–H groups in total. The van der Waals surface area contributed by atoms with Crippen molar-refractivity contribution in [1.29, 1.82) is 0 Å². The number of alkyl carbamates (subject to hydrolysis) is 1. The fourth-order valence-corrected chi connectivity index (χ4v) is 4.25. The molecule has 0 aliphatic carbocycles. The molecule has 0 atom stereocenters. The fraction of sp³-hybridized carbons (Fsp3) is 0.259. The molecule has 1 spiro atoms. The van der Waals surface area contributed by atoms with Gasteiger partial charge in [0.25, 0.3) is 5.91 Å². The first-order chi connectivity index (χ1) is 17.6. The van der Waals surface area contributed by atoms with E-state index in [9.17, 15) is 9.59 Å². The number of aromatic nitrogens is 1. The summed E-state index contributed by atoms with van der Waals surface area (Å²) in [6.45, 7) is 1.31. The number of ether oxygens (including phenoxy) is 2. The van der Waals surface area contributed by atoms with Crippen LogP contribution in [0.25, 0.3) is 0 Å². The van der Waals surface area contributed by atoms with Crippen LogP contribution in [0.2, 0.25) is 0 Å². The summed E-state index contributed by atoms with van der Waals surface area (Å²) in [4.78, 5) is 37.2. The largest absolute Gasteiger partial charge is 0.438 e. The SMILES string of the molecule is O=C(NCc1ccccc1)OC1=NOC2(CCN(C(=O)c3cccnc3Oc3ccccc3)CC2)C1. The lowest BCUT2D eigenvalue weighted by Crippen LogP contribution is -2.47. The Morgan fingerprint density at radius 3 is 2.44 bits per heavy atom. The van der Waals surface area contributed by atoms with Crippen LogP contribution in [0.3, 0.4) is 0 Å². The van der Waals surface area contributed by atoms with Gasteiger partial charge in [-0.2, -0.15) is 0 Å². The molecule has 36 heavy (non-hydrogen) atoms. The number of nitrogens with zero attached hydrogens (tertiary/aromatic N) is 3. The van der Waals surface area contributed by atoms with Gasteiger partial charge >= 0.3 is 6.09 Å². The molecule has 0 radical (unpaired) electrons. The van der Waals surface area contributed by atoms with Crippen molar-refractivity contribution >= 4 is 17.9 Å². The molecule has 0 unspecified atom stereocenters. The summed E-state index contributed by atoms with van der Waals surface area (Å²) in [5.41, 5.74) is 0.794. The third-order valence-electron chi connectivity index (χ3n) is 6.23. The Morgan fingerprint density at radius 2 is 1.69 bits per heavy atom. The molecular weight excluding hydrogens is 460 g/mol. The van der Waals surface area contributed by atoms with Gasteiger partial charge in [0.15, 0.2) is 0 Å². The minimum Gasteiger partial charge on any atom is -0.438 e. The Morgan fingerprint density at radius 1 is 0.972 bits per heavy atom. The van der Waals surface area contributed by atoms with Crippen LogP contribution in [0.1, 0.15) is 35.2 Å². The first-order valence-corrected chi connectivity index (χ1v) is 11.8. The van der Waals surface area contributed by atoms with Gasteiger partial charge in [-0.1, -0.05) is 53.7 Å². The van der Waals surface area contributed by atoms with Gasteiger partial charge in [-0.3, -0.25) is 4.79 Å². The van der Waals surface area contributed by atoms with E-state index in [0.717, 1.165) is 5.56 Å². The van der Waals surface area contributed by atoms with Gasteiger partial charge < -0.3 is 24.5 Å². The molecule has 1 fully saturated rings. The zero-order chi connectivity index (χ0) is 24.8. The molecule has 2 aliphatic heterocycles. The van der Waals surface area contributed by atoms with Crippen LogP contribution in [0.5, 0.6) is 11.6 Å². The van der Waals surface area contributed by atoms with E-state index in [2.05, 4.69) is 15.5 Å². The number of piperidine rings is 1. The number of nitrogens with one attached hydrogen (secondary N) is 1. The number of carbonyl (C=O) groups is 2. The van der Waals surface area contributed by atoms with Gasteiger partial charge in [0.2, 0.25) is 11.8 Å². The van der Waals surface area contributed by atoms with E-state index < -0.39 is 11.7 Å². The van der Waals surface area contributed by atoms with Crippen molar-refractivity contribution in [3.8, 4) is 11.6 Å². The number of para-hydroxylation sites is 1. The standard InChI is InChI=1S/C27H26N4O5/c32-25(22-12-7-15-28-24(22)34-21-10-5-2-6-11-21)31-16-13-27(14-17-31)18-23(30-36-27)35-26(33)29-19-20-8-3-1-4-9-20/h1-12,15H,13-14,16-19H2,(H,29,33). The zero-order valence-electron chi connectivity index (χ0n) is 19.6. The average Bonchev–Trinajstić information content (AvgIpc) is 3.30. The van der Waals surface area contributed by atoms with Crippen LogP contribution in [-0.4, -0.2) is 46.5 Å². The van der Waals surface area contributed by atoms with Crippen molar-refractivity contribution in [1.82, 2.24) is 15.2 Å². The summed E-state index contributed by atoms with van der Waals surface area (Å²) in [5, 5.41) is 6.71. The lowest BCUT2D eigenvalue weighted by Gasteiger charge is -2.37. The Balaban J connectivity index is 1.13. The molecule has 5 rings (SSSR count). The number of carbonyl (C=O) groups excluding carboxylic acids is 2. The van der Waals surface area contributed by atoms with E-state index in [1.165, 1.54) is 0 Å². The molecule has 9 nitrogen and oxygen atoms in total. The van der Waals surface area contributed by atoms with E-state index in [-0.39, 0.29) is 17.7 Å². The highest BCUT2D eigenvalue weighted by Crippen LogP contribution is 2.36. The molecule has 1 aromatic heterocycles. The maximum Gasteiger partial charge on any atom is 0.414 e. The molecule has 184 valence electrons. The maximum atomic E-state index is 13.3. The number of hydrogen-bond donors (Lipinski definition) is 1. The van der Waals surface area contributed by atoms with Crippen molar-refractivity contribution < 1.29 is 23.9 Å². The Labute approximate surface area is 208 Å². The number of hydrogen-bond acceptors (Lipinski definition) is 7. The third-order valence-corrected chi connectivity index (χ3v) is 6.23. The van der Waals surface area contributed by atoms with Crippen molar-refractivity contribution in [2.75, 3.05) is 13.1 Å². The Kier molecular flexibility index (Phi) is 6.79. The van der Waals surface area contributed by atoms with Crippen molar-refractivity contribution in [3.63, 3.8) is 0 Å². The molecule has 2 aromatic carbocycles. The van der Waals surface area contributed by atoms with E-state index in [4.69, 9.17) is 14.3 Å². The highest BCUT2D eigenvalue weighted by molar-refractivity contribution is 5.96. The maximum absolute atomic E-state index is 13.3. The van der Waals surface area contributed by atoms with Crippen LogP contribution >= 0.6 is 0 Å². The molecule has 3 heterocycles. The van der Waals surface area contributed by atoms with E-state index in [1.54, 1.807) is 23.2 Å². The number of rotatable bonds is 5. The van der Waals surface area contributed by atoms with Crippen molar-refractivity contribution in [2.45, 2.75) is 31.4 Å². The van der Waals surface area contributed by atoms with Crippen LogP contribution in [0.4, 0.5) is 4.79 Å². The van der Waals surface area contributed by atoms with Crippen LogP contribution < -0.4 is 10.1 Å². The Hall–Kier alpha value is -4.40. The number of amides is 2. The number of benzene rings is 2. The normalized spacial score (nSPS) is 16.1. The van der Waals surface area contributed by atoms with Crippen LogP contribution in [0, 0.1) is 0 Å². The summed E-state index contributed by atoms with van der Waals surface area (Å²) in [5.74, 6) is 0.969. The zero-order valence-corrected chi connectivity index (χ0v) is 19.6. The summed E-state index contributed by atoms with van der Waals surface area (Å²) in [6.07, 6.45) is 2.53. The van der Waals surface area contributed by atoms with E-state index in [1.807, 2.05) is 60.7 Å². The molecule has 2 aliphatic rings. The molecule has 0 bridgehead atoms. The molecular formula is C27H26N4O5. The van der Waals surface area contributed by atoms with E-state index >= 15 is 0 Å². The minimum absolute atomic E-state index is 0.153. The number of pyridine rings is 1. The van der Waals surface area contributed by atoms with Gasteiger partial charge in [-0.05, 0) is 29.8 Å². The second-order valence-corrected chi connectivity index (χ2v) is 8.73. The monoisotopic (exact) mass is 486 g/mol. The summed E-state index contributed by atoms with van der Waals surface area (Å²) in [7, 11) is 0. The molecule has 1 saturated heterocycles. The number of oxime groups is 1. The molecule has 2 amide bonds. The van der Waals surface area contributed by atoms with Crippen LogP contribution in [-0.2, 0) is 16.1 Å². The third kappa shape index (κ3) is 5.46. The van der Waals surface area contributed by atoms with Gasteiger partial charge in [0, 0.05) is 38.7 Å². The van der Waals surface area contributed by atoms with Gasteiger partial charge in [-0.15, -0.1) is 0 Å². The summed E-state index contributed by atoms with van der Waals surface area (Å²) < 4.78 is 11.2. The van der Waals surface area contributed by atoms with Crippen molar-refractivity contribution in [3.05, 3.63) is 90.1 Å². The lowest BCUT2D eigenvalue weighted by atomic mass is 9.88. The smallest absolute Gasteiger partial charge is 0.414 e. The highest BCUT2D eigenvalue weighted by Gasteiger charge is 2.44. The van der Waals surface area contributed by atoms with Crippen LogP contribution in [0.15, 0.2) is 84.1 Å². The first kappa shape index (κ1) is 23.3. The molecule has 3 aromatic rings. The second kappa shape index (κ2) is 10.5. The van der Waals surface area contributed by atoms with E-state index in [0.29, 0.717) is 50.2 Å². The number of likely N-dealkylation sites (tertiary alicyclic amines) is 1. The fourth-order valence-electron chi connectivity index (χ4n) is 4.25. The second-order valence-electron chi connectivity index (χ2n) is 8.73. The Bertz CT molecular complexity index is 1240. The molecule has 9 heteroatoms. The van der Waals surface area contributed by atoms with Gasteiger partial charge in [0.05, 0.1) is 6.42 Å². The van der Waals surface area contributed by atoms with Gasteiger partial charge in [-0.25, -0.2) is 9.78 Å². The van der Waals surface area contributed by atoms with Crippen molar-refractivity contribution in [2.24, 2.45) is 5.16 Å². The first-order valence-electron chi connectivity index (χ1n) is 11.8. The summed E-state index contributed by atoms with van der Waals surface area (Å²) >= 11 is 0. The molecule has 0 saturated carbocycles. The summed E-state index contributed by atoms with van der Waals surface area (Å²) in [6, 6.07) is 22.2. The quantitative estimate of drug-likeness (QED) is 0.569. The average molecular weight is 487 g/mol. The topological polar surface area (TPSA) is 102 Å². The lowest BCUT2D eigenvalue weighted by molar-refractivity contribution is -0.0568. The predicted octanol–water partition coefficient (Wildman–Crippen LogP) is 4.51.